The number of nitrogens with two attached hydrogens (primary N) is 1. The van der Waals surface area contributed by atoms with Crippen LogP contribution < -0.4 is 5.73 Å². The van der Waals surface area contributed by atoms with E-state index in [4.69, 9.17) is 10.3 Å². The maximum absolute atomic E-state index is 9.92. The lowest BCUT2D eigenvalue weighted by atomic mass is 10.0. The van der Waals surface area contributed by atoms with Gasteiger partial charge in [-0.3, -0.25) is 0 Å². The fourth-order valence-electron chi connectivity index (χ4n) is 1.92. The highest BCUT2D eigenvalue weighted by molar-refractivity contribution is 9.10. The first-order valence-corrected chi connectivity index (χ1v) is 7.14. The van der Waals surface area contributed by atoms with Crippen LogP contribution in [0.3, 0.4) is 0 Å². The second-order valence-electron chi connectivity index (χ2n) is 5.31. The van der Waals surface area contributed by atoms with E-state index < -0.39 is 5.60 Å². The molecule has 0 aliphatic carbocycles. The van der Waals surface area contributed by atoms with Crippen LogP contribution in [0.1, 0.15) is 23.9 Å². The lowest BCUT2D eigenvalue weighted by Crippen LogP contribution is -2.36. The van der Waals surface area contributed by atoms with E-state index in [1.165, 1.54) is 0 Å². The molecule has 0 bridgehead atoms. The van der Waals surface area contributed by atoms with Gasteiger partial charge in [0.2, 0.25) is 11.7 Å². The average Bonchev–Trinajstić information content (AvgIpc) is 2.83. The van der Waals surface area contributed by atoms with Gasteiger partial charge in [-0.05, 0) is 44.0 Å². The van der Waals surface area contributed by atoms with Crippen LogP contribution in [0.25, 0.3) is 11.4 Å². The van der Waals surface area contributed by atoms with Gasteiger partial charge in [0.15, 0.2) is 0 Å². The highest BCUT2D eigenvalue weighted by Gasteiger charge is 2.23. The van der Waals surface area contributed by atoms with Crippen LogP contribution in [-0.2, 0) is 6.42 Å². The van der Waals surface area contributed by atoms with E-state index in [-0.39, 0.29) is 13.0 Å². The van der Waals surface area contributed by atoms with Crippen molar-refractivity contribution in [2.75, 3.05) is 6.54 Å². The fraction of sp³-hybridized carbons (Fsp3) is 0.429. The molecule has 0 amide bonds. The van der Waals surface area contributed by atoms with Crippen molar-refractivity contribution in [2.24, 2.45) is 5.73 Å². The summed E-state index contributed by atoms with van der Waals surface area (Å²) in [7, 11) is 0. The SMILES string of the molecule is Cc1cc(-c2noc(CC(C)(O)CN)n2)cc(C)c1Br. The molecule has 0 aliphatic heterocycles. The molecule has 6 heteroatoms. The van der Waals surface area contributed by atoms with Crippen LogP contribution in [0.5, 0.6) is 0 Å². The second kappa shape index (κ2) is 5.63. The zero-order valence-corrected chi connectivity index (χ0v) is 13.4. The standard InChI is InChI=1S/C14H18BrN3O2/c1-8-4-10(5-9(2)12(8)15)13-17-11(20-18-13)6-14(3,19)7-16/h4-5,19H,6-7,16H2,1-3H3. The van der Waals surface area contributed by atoms with Gasteiger partial charge in [-0.25, -0.2) is 0 Å². The minimum absolute atomic E-state index is 0.140. The van der Waals surface area contributed by atoms with Gasteiger partial charge in [0.1, 0.15) is 0 Å². The Bertz CT molecular complexity index is 600. The summed E-state index contributed by atoms with van der Waals surface area (Å²) < 4.78 is 6.26. The zero-order valence-electron chi connectivity index (χ0n) is 11.8. The van der Waals surface area contributed by atoms with Crippen molar-refractivity contribution in [1.82, 2.24) is 10.1 Å². The Hall–Kier alpha value is -1.24. The molecule has 1 aromatic carbocycles. The third-order valence-electron chi connectivity index (χ3n) is 3.13. The predicted octanol–water partition coefficient (Wildman–Crippen LogP) is 2.37. The van der Waals surface area contributed by atoms with E-state index >= 15 is 0 Å². The molecular formula is C14H18BrN3O2. The summed E-state index contributed by atoms with van der Waals surface area (Å²) in [4.78, 5) is 4.32. The highest BCUT2D eigenvalue weighted by atomic mass is 79.9. The Morgan fingerprint density at radius 2 is 1.95 bits per heavy atom. The summed E-state index contributed by atoms with van der Waals surface area (Å²) in [5.74, 6) is 0.903. The molecule has 0 radical (unpaired) electrons. The first-order valence-electron chi connectivity index (χ1n) is 6.34. The number of aryl methyl sites for hydroxylation is 2. The molecular weight excluding hydrogens is 322 g/mol. The van der Waals surface area contributed by atoms with E-state index in [0.29, 0.717) is 11.7 Å². The molecule has 0 saturated heterocycles. The number of hydrogen-bond acceptors (Lipinski definition) is 5. The third-order valence-corrected chi connectivity index (χ3v) is 4.39. The molecule has 3 N–H and O–H groups in total. The van der Waals surface area contributed by atoms with Crippen molar-refractivity contribution in [3.8, 4) is 11.4 Å². The van der Waals surface area contributed by atoms with Crippen molar-refractivity contribution in [3.63, 3.8) is 0 Å². The van der Waals surface area contributed by atoms with E-state index in [2.05, 4.69) is 26.1 Å². The largest absolute Gasteiger partial charge is 0.388 e. The topological polar surface area (TPSA) is 85.2 Å². The number of aliphatic hydroxyl groups is 1. The van der Waals surface area contributed by atoms with Crippen molar-refractivity contribution < 1.29 is 9.63 Å². The number of hydrogen-bond donors (Lipinski definition) is 2. The first-order chi connectivity index (χ1) is 9.32. The number of nitrogens with zero attached hydrogens (tertiary/aromatic N) is 2. The van der Waals surface area contributed by atoms with Gasteiger partial charge >= 0.3 is 0 Å². The summed E-state index contributed by atoms with van der Waals surface area (Å²) in [5, 5.41) is 13.9. The summed E-state index contributed by atoms with van der Waals surface area (Å²) in [6.45, 7) is 5.81. The zero-order chi connectivity index (χ0) is 14.9. The highest BCUT2D eigenvalue weighted by Crippen LogP contribution is 2.27. The number of halogens is 1. The van der Waals surface area contributed by atoms with Gasteiger partial charge in [-0.15, -0.1) is 0 Å². The average molecular weight is 340 g/mol. The van der Waals surface area contributed by atoms with Gasteiger partial charge < -0.3 is 15.4 Å². The minimum atomic E-state index is -1.03. The van der Waals surface area contributed by atoms with Crippen molar-refractivity contribution in [1.29, 1.82) is 0 Å². The fourth-order valence-corrected chi connectivity index (χ4v) is 2.15. The Morgan fingerprint density at radius 1 is 1.35 bits per heavy atom. The summed E-state index contributed by atoms with van der Waals surface area (Å²) in [6, 6.07) is 3.99. The van der Waals surface area contributed by atoms with Gasteiger partial charge in [-0.1, -0.05) is 21.1 Å². The molecule has 1 atom stereocenters. The van der Waals surface area contributed by atoms with Crippen LogP contribution in [0.4, 0.5) is 0 Å². The maximum atomic E-state index is 9.92. The molecule has 20 heavy (non-hydrogen) atoms. The summed E-state index contributed by atoms with van der Waals surface area (Å²) in [6.07, 6.45) is 0.241. The number of rotatable bonds is 4. The van der Waals surface area contributed by atoms with Crippen molar-refractivity contribution in [2.45, 2.75) is 32.8 Å². The molecule has 5 nitrogen and oxygen atoms in total. The molecule has 108 valence electrons. The first kappa shape index (κ1) is 15.2. The van der Waals surface area contributed by atoms with Gasteiger partial charge in [-0.2, -0.15) is 4.98 Å². The monoisotopic (exact) mass is 339 g/mol. The Morgan fingerprint density at radius 3 is 2.50 bits per heavy atom. The van der Waals surface area contributed by atoms with E-state index in [9.17, 15) is 5.11 Å². The van der Waals surface area contributed by atoms with E-state index in [0.717, 1.165) is 21.2 Å². The Balaban J connectivity index is 2.29. The van der Waals surface area contributed by atoms with Crippen LogP contribution in [0, 0.1) is 13.8 Å². The summed E-state index contributed by atoms with van der Waals surface area (Å²) in [5.41, 5.74) is 7.57. The second-order valence-corrected chi connectivity index (χ2v) is 6.11. The van der Waals surface area contributed by atoms with Crippen LogP contribution in [0.2, 0.25) is 0 Å². The lowest BCUT2D eigenvalue weighted by Gasteiger charge is -2.17. The van der Waals surface area contributed by atoms with Crippen LogP contribution in [0.15, 0.2) is 21.1 Å². The maximum Gasteiger partial charge on any atom is 0.229 e. The number of aromatic nitrogens is 2. The molecule has 1 aromatic heterocycles. The quantitative estimate of drug-likeness (QED) is 0.893. The Labute approximate surface area is 126 Å². The summed E-state index contributed by atoms with van der Waals surface area (Å²) >= 11 is 3.53. The van der Waals surface area contributed by atoms with Crippen molar-refractivity contribution >= 4 is 15.9 Å². The third kappa shape index (κ3) is 3.26. The van der Waals surface area contributed by atoms with E-state index in [1.54, 1.807) is 6.92 Å². The van der Waals surface area contributed by atoms with Crippen LogP contribution in [-0.4, -0.2) is 27.4 Å². The van der Waals surface area contributed by atoms with Gasteiger partial charge in [0.25, 0.3) is 0 Å². The normalized spacial score (nSPS) is 14.3. The van der Waals surface area contributed by atoms with Crippen LogP contribution >= 0.6 is 15.9 Å². The van der Waals surface area contributed by atoms with Crippen molar-refractivity contribution in [3.05, 3.63) is 33.6 Å². The molecule has 0 saturated carbocycles. The molecule has 2 rings (SSSR count). The van der Waals surface area contributed by atoms with Gasteiger partial charge in [0.05, 0.1) is 12.0 Å². The number of benzene rings is 1. The molecule has 0 aliphatic rings. The molecule has 0 fully saturated rings. The predicted molar refractivity (Wildman–Crippen MR) is 80.3 cm³/mol. The molecule has 1 heterocycles. The Kier molecular flexibility index (Phi) is 4.27. The molecule has 0 spiro atoms. The minimum Gasteiger partial charge on any atom is -0.388 e. The van der Waals surface area contributed by atoms with Gasteiger partial charge in [0, 0.05) is 16.6 Å². The lowest BCUT2D eigenvalue weighted by molar-refractivity contribution is 0.0610. The smallest absolute Gasteiger partial charge is 0.229 e. The molecule has 1 unspecified atom stereocenters. The molecule has 2 aromatic rings. The van der Waals surface area contributed by atoms with E-state index in [1.807, 2.05) is 26.0 Å².